The second-order valence-electron chi connectivity index (χ2n) is 6.60. The van der Waals surface area contributed by atoms with Crippen LogP contribution in [0.5, 0.6) is 0 Å². The second kappa shape index (κ2) is 7.75. The maximum absolute atomic E-state index is 12.5. The molecule has 0 bridgehead atoms. The van der Waals surface area contributed by atoms with Gasteiger partial charge in [-0.3, -0.25) is 4.18 Å². The fourth-order valence-corrected chi connectivity index (χ4v) is 8.20. The Morgan fingerprint density at radius 3 is 2.50 bits per heavy atom. The summed E-state index contributed by atoms with van der Waals surface area (Å²) in [5, 5.41) is 0. The zero-order valence-electron chi connectivity index (χ0n) is 14.0. The summed E-state index contributed by atoms with van der Waals surface area (Å²) in [4.78, 5) is 0.323. The topological polar surface area (TPSA) is 43.4 Å². The smallest absolute Gasteiger partial charge is 0.263 e. The maximum atomic E-state index is 12.5. The summed E-state index contributed by atoms with van der Waals surface area (Å²) in [6.07, 6.45) is 4.33. The van der Waals surface area contributed by atoms with Crippen molar-refractivity contribution in [2.45, 2.75) is 75.6 Å². The molecule has 2 rings (SSSR count). The Balaban J connectivity index is 1.96. The highest BCUT2D eigenvalue weighted by molar-refractivity contribution is 7.86. The fourth-order valence-electron chi connectivity index (χ4n) is 3.32. The van der Waals surface area contributed by atoms with Crippen molar-refractivity contribution in [1.82, 2.24) is 0 Å². The van der Waals surface area contributed by atoms with Crippen LogP contribution >= 0.6 is 0 Å². The third-order valence-electron chi connectivity index (χ3n) is 4.62. The Morgan fingerprint density at radius 2 is 1.91 bits per heavy atom. The normalized spacial score (nSPS) is 22.7. The monoisotopic (exact) mass is 340 g/mol. The molecule has 1 aliphatic rings. The standard InChI is InChI=1S/C17H28O3SSi/c1-4-5-10-22-11-8-16(9-12-22)20-21(18,19)17-7-6-14(2)13-15(17)3/h6-7,13,16,22H,4-5,8-12H2,1-3H3. The van der Waals surface area contributed by atoms with Crippen molar-refractivity contribution in [1.29, 1.82) is 0 Å². The predicted octanol–water partition coefficient (Wildman–Crippen LogP) is 4.20. The molecule has 1 aliphatic heterocycles. The molecule has 22 heavy (non-hydrogen) atoms. The molecule has 3 nitrogen and oxygen atoms in total. The van der Waals surface area contributed by atoms with E-state index in [1.54, 1.807) is 6.07 Å². The van der Waals surface area contributed by atoms with Crippen LogP contribution in [0.15, 0.2) is 23.1 Å². The molecule has 124 valence electrons. The number of unbranched alkanes of at least 4 members (excludes halogenated alkanes) is 1. The minimum atomic E-state index is -3.63. The van der Waals surface area contributed by atoms with Crippen molar-refractivity contribution in [3.8, 4) is 0 Å². The molecule has 0 spiro atoms. The van der Waals surface area contributed by atoms with Gasteiger partial charge in [-0.1, -0.05) is 55.6 Å². The van der Waals surface area contributed by atoms with Crippen LogP contribution in [-0.2, 0) is 14.3 Å². The molecule has 0 amide bonds. The Morgan fingerprint density at radius 1 is 1.23 bits per heavy atom. The van der Waals surface area contributed by atoms with Crippen LogP contribution in [0.1, 0.15) is 43.7 Å². The van der Waals surface area contributed by atoms with Gasteiger partial charge in [0.15, 0.2) is 0 Å². The maximum Gasteiger partial charge on any atom is 0.297 e. The van der Waals surface area contributed by atoms with Crippen molar-refractivity contribution >= 4 is 18.9 Å². The summed E-state index contributed by atoms with van der Waals surface area (Å²) < 4.78 is 30.5. The first-order valence-corrected chi connectivity index (χ1v) is 12.3. The van der Waals surface area contributed by atoms with Gasteiger partial charge >= 0.3 is 0 Å². The lowest BCUT2D eigenvalue weighted by atomic mass is 10.2. The van der Waals surface area contributed by atoms with Gasteiger partial charge in [0, 0.05) is 8.80 Å². The average molecular weight is 341 g/mol. The highest BCUT2D eigenvalue weighted by Crippen LogP contribution is 2.29. The highest BCUT2D eigenvalue weighted by Gasteiger charge is 2.28. The molecule has 0 N–H and O–H groups in total. The van der Waals surface area contributed by atoms with Crippen LogP contribution in [0.25, 0.3) is 0 Å². The molecule has 0 aromatic heterocycles. The number of aryl methyl sites for hydroxylation is 2. The highest BCUT2D eigenvalue weighted by atomic mass is 32.2. The van der Waals surface area contributed by atoms with Crippen LogP contribution < -0.4 is 0 Å². The molecule has 1 heterocycles. The van der Waals surface area contributed by atoms with E-state index in [-0.39, 0.29) is 6.10 Å². The van der Waals surface area contributed by atoms with Crippen LogP contribution in [0.2, 0.25) is 18.1 Å². The third kappa shape index (κ3) is 4.67. The van der Waals surface area contributed by atoms with Gasteiger partial charge in [0.05, 0.1) is 11.0 Å². The average Bonchev–Trinajstić information content (AvgIpc) is 2.45. The van der Waals surface area contributed by atoms with Gasteiger partial charge in [0.2, 0.25) is 0 Å². The van der Waals surface area contributed by atoms with E-state index < -0.39 is 18.9 Å². The van der Waals surface area contributed by atoms with Gasteiger partial charge in [-0.15, -0.1) is 0 Å². The van der Waals surface area contributed by atoms with Crippen molar-refractivity contribution in [2.75, 3.05) is 0 Å². The number of hydrogen-bond donors (Lipinski definition) is 0. The molecular weight excluding hydrogens is 312 g/mol. The second-order valence-corrected chi connectivity index (χ2v) is 11.6. The summed E-state index contributed by atoms with van der Waals surface area (Å²) in [5.41, 5.74) is 1.84. The molecule has 5 heteroatoms. The minimum absolute atomic E-state index is 0.115. The zero-order valence-corrected chi connectivity index (χ0v) is 15.9. The Kier molecular flexibility index (Phi) is 6.23. The van der Waals surface area contributed by atoms with Crippen molar-refractivity contribution in [3.63, 3.8) is 0 Å². The van der Waals surface area contributed by atoms with Crippen LogP contribution in [0.3, 0.4) is 0 Å². The molecule has 1 fully saturated rings. The molecule has 0 unspecified atom stereocenters. The molecular formula is C17H28O3SSi. The quantitative estimate of drug-likeness (QED) is 0.576. The summed E-state index contributed by atoms with van der Waals surface area (Å²) >= 11 is 0. The van der Waals surface area contributed by atoms with Gasteiger partial charge in [-0.2, -0.15) is 8.42 Å². The lowest BCUT2D eigenvalue weighted by Crippen LogP contribution is -2.28. The first kappa shape index (κ1) is 17.7. The Hall–Kier alpha value is -0.653. The zero-order chi connectivity index (χ0) is 16.2. The molecule has 0 radical (unpaired) electrons. The lowest BCUT2D eigenvalue weighted by Gasteiger charge is -2.27. The predicted molar refractivity (Wildman–Crippen MR) is 93.7 cm³/mol. The lowest BCUT2D eigenvalue weighted by molar-refractivity contribution is 0.194. The summed E-state index contributed by atoms with van der Waals surface area (Å²) in [6, 6.07) is 9.26. The van der Waals surface area contributed by atoms with E-state index in [1.807, 2.05) is 26.0 Å². The van der Waals surface area contributed by atoms with Gasteiger partial charge < -0.3 is 0 Å². The van der Waals surface area contributed by atoms with Gasteiger partial charge in [0.1, 0.15) is 0 Å². The van der Waals surface area contributed by atoms with Crippen LogP contribution in [0.4, 0.5) is 0 Å². The van der Waals surface area contributed by atoms with Gasteiger partial charge in [-0.25, -0.2) is 0 Å². The fraction of sp³-hybridized carbons (Fsp3) is 0.647. The van der Waals surface area contributed by atoms with E-state index in [0.717, 1.165) is 24.0 Å². The summed E-state index contributed by atoms with van der Waals surface area (Å²) in [7, 11) is -4.24. The number of benzene rings is 1. The van der Waals surface area contributed by atoms with Crippen molar-refractivity contribution < 1.29 is 12.6 Å². The molecule has 0 atom stereocenters. The van der Waals surface area contributed by atoms with E-state index in [4.69, 9.17) is 4.18 Å². The SMILES string of the molecule is CCCC[SiH]1CCC(OS(=O)(=O)c2ccc(C)cc2C)CC1. The molecule has 0 aliphatic carbocycles. The molecule has 0 saturated carbocycles. The molecule has 1 saturated heterocycles. The Labute approximate surface area is 136 Å². The van der Waals surface area contributed by atoms with E-state index in [9.17, 15) is 8.42 Å². The first-order chi connectivity index (χ1) is 10.4. The van der Waals surface area contributed by atoms with Gasteiger partial charge in [0.25, 0.3) is 10.1 Å². The number of rotatable bonds is 6. The van der Waals surface area contributed by atoms with Crippen molar-refractivity contribution in [3.05, 3.63) is 29.3 Å². The first-order valence-electron chi connectivity index (χ1n) is 8.43. The van der Waals surface area contributed by atoms with E-state index in [1.165, 1.54) is 31.0 Å². The summed E-state index contributed by atoms with van der Waals surface area (Å²) in [5.74, 6) is 0. The minimum Gasteiger partial charge on any atom is -0.263 e. The molecule has 1 aromatic rings. The van der Waals surface area contributed by atoms with Crippen LogP contribution in [-0.4, -0.2) is 23.3 Å². The summed E-state index contributed by atoms with van der Waals surface area (Å²) in [6.45, 7) is 6.03. The number of hydrogen-bond acceptors (Lipinski definition) is 3. The van der Waals surface area contributed by atoms with Crippen molar-refractivity contribution in [2.24, 2.45) is 0 Å². The Bertz CT molecular complexity index is 590. The molecule has 1 aromatic carbocycles. The largest absolute Gasteiger partial charge is 0.297 e. The van der Waals surface area contributed by atoms with Gasteiger partial charge in [-0.05, 0) is 38.3 Å². The van der Waals surface area contributed by atoms with Crippen LogP contribution in [0, 0.1) is 13.8 Å². The third-order valence-corrected chi connectivity index (χ3v) is 9.67. The van der Waals surface area contributed by atoms with E-state index in [2.05, 4.69) is 6.92 Å². The van der Waals surface area contributed by atoms with E-state index in [0.29, 0.717) is 4.90 Å². The van der Waals surface area contributed by atoms with E-state index >= 15 is 0 Å².